The molecule has 0 heterocycles. The third-order valence-electron chi connectivity index (χ3n) is 2.15. The van der Waals surface area contributed by atoms with E-state index in [9.17, 15) is 4.79 Å². The molecule has 0 aromatic heterocycles. The summed E-state index contributed by atoms with van der Waals surface area (Å²) in [7, 11) is 1.62. The lowest BCUT2D eigenvalue weighted by Gasteiger charge is -2.12. The van der Waals surface area contributed by atoms with Gasteiger partial charge in [0.15, 0.2) is 6.10 Å². The van der Waals surface area contributed by atoms with Gasteiger partial charge in [-0.2, -0.15) is 0 Å². The average molecular weight is 224 g/mol. The first-order valence-corrected chi connectivity index (χ1v) is 5.11. The highest BCUT2D eigenvalue weighted by molar-refractivity contribution is 5.74. The Balaban J connectivity index is 2.81. The molecule has 0 aliphatic heterocycles. The minimum absolute atomic E-state index is 0.372. The molecule has 88 valence electrons. The summed E-state index contributed by atoms with van der Waals surface area (Å²) in [5.41, 5.74) is 1.65. The van der Waals surface area contributed by atoms with Gasteiger partial charge in [-0.25, -0.2) is 4.79 Å². The lowest BCUT2D eigenvalue weighted by molar-refractivity contribution is -0.150. The van der Waals surface area contributed by atoms with Gasteiger partial charge in [0.05, 0.1) is 6.61 Å². The standard InChI is InChI=1S/C12H16O4/c1-3-16-11(12(13)14)10-6-4-9(5-7-10)8-15-2/h4-7,11H,3,8H2,1-2H3,(H,13,14). The topological polar surface area (TPSA) is 55.8 Å². The van der Waals surface area contributed by atoms with Crippen LogP contribution in [-0.2, 0) is 20.9 Å². The van der Waals surface area contributed by atoms with E-state index in [0.29, 0.717) is 18.8 Å². The van der Waals surface area contributed by atoms with Crippen LogP contribution in [0.1, 0.15) is 24.2 Å². The summed E-state index contributed by atoms with van der Waals surface area (Å²) < 4.78 is 10.1. The van der Waals surface area contributed by atoms with E-state index >= 15 is 0 Å². The third-order valence-corrected chi connectivity index (χ3v) is 2.15. The third kappa shape index (κ3) is 3.32. The Morgan fingerprint density at radius 3 is 2.44 bits per heavy atom. The molecule has 1 rings (SSSR count). The Morgan fingerprint density at radius 2 is 2.00 bits per heavy atom. The molecule has 0 spiro atoms. The molecule has 0 amide bonds. The number of ether oxygens (including phenoxy) is 2. The Kier molecular flexibility index (Phi) is 4.95. The number of hydrogen-bond donors (Lipinski definition) is 1. The fourth-order valence-corrected chi connectivity index (χ4v) is 1.43. The number of aliphatic carboxylic acids is 1. The molecule has 1 atom stereocenters. The minimum atomic E-state index is -0.971. The highest BCUT2D eigenvalue weighted by Crippen LogP contribution is 2.18. The van der Waals surface area contributed by atoms with Gasteiger partial charge in [0, 0.05) is 13.7 Å². The summed E-state index contributed by atoms with van der Waals surface area (Å²) >= 11 is 0. The number of carbonyl (C=O) groups is 1. The van der Waals surface area contributed by atoms with Crippen molar-refractivity contribution >= 4 is 5.97 Å². The fraction of sp³-hybridized carbons (Fsp3) is 0.417. The van der Waals surface area contributed by atoms with Crippen LogP contribution < -0.4 is 0 Å². The van der Waals surface area contributed by atoms with Gasteiger partial charge in [-0.05, 0) is 18.1 Å². The first-order valence-electron chi connectivity index (χ1n) is 5.11. The maximum atomic E-state index is 11.0. The molecular weight excluding hydrogens is 208 g/mol. The van der Waals surface area contributed by atoms with Crippen molar-refractivity contribution in [3.8, 4) is 0 Å². The molecular formula is C12H16O4. The molecule has 0 bridgehead atoms. The van der Waals surface area contributed by atoms with Crippen molar-refractivity contribution in [2.24, 2.45) is 0 Å². The minimum Gasteiger partial charge on any atom is -0.479 e. The Labute approximate surface area is 94.8 Å². The van der Waals surface area contributed by atoms with E-state index in [4.69, 9.17) is 14.6 Å². The summed E-state index contributed by atoms with van der Waals surface area (Å²) in [6, 6.07) is 7.19. The van der Waals surface area contributed by atoms with Crippen molar-refractivity contribution in [3.63, 3.8) is 0 Å². The van der Waals surface area contributed by atoms with Crippen LogP contribution in [0.3, 0.4) is 0 Å². The first-order chi connectivity index (χ1) is 7.69. The van der Waals surface area contributed by atoms with Crippen LogP contribution in [0.15, 0.2) is 24.3 Å². The van der Waals surface area contributed by atoms with Gasteiger partial charge in [0.25, 0.3) is 0 Å². The molecule has 4 heteroatoms. The summed E-state index contributed by atoms with van der Waals surface area (Å²) in [5.74, 6) is -0.971. The monoisotopic (exact) mass is 224 g/mol. The van der Waals surface area contributed by atoms with Crippen molar-refractivity contribution in [1.29, 1.82) is 0 Å². The largest absolute Gasteiger partial charge is 0.479 e. The Hall–Kier alpha value is -1.39. The maximum absolute atomic E-state index is 11.0. The van der Waals surface area contributed by atoms with Crippen LogP contribution >= 0.6 is 0 Å². The smallest absolute Gasteiger partial charge is 0.337 e. The Morgan fingerprint density at radius 1 is 1.38 bits per heavy atom. The van der Waals surface area contributed by atoms with E-state index in [-0.39, 0.29) is 0 Å². The zero-order valence-corrected chi connectivity index (χ0v) is 9.47. The van der Waals surface area contributed by atoms with Gasteiger partial charge < -0.3 is 14.6 Å². The van der Waals surface area contributed by atoms with Crippen LogP contribution in [0.25, 0.3) is 0 Å². The zero-order valence-electron chi connectivity index (χ0n) is 9.47. The van der Waals surface area contributed by atoms with Gasteiger partial charge in [-0.3, -0.25) is 0 Å². The van der Waals surface area contributed by atoms with Crippen LogP contribution in [0.4, 0.5) is 0 Å². The van der Waals surface area contributed by atoms with Crippen LogP contribution in [-0.4, -0.2) is 24.8 Å². The summed E-state index contributed by atoms with van der Waals surface area (Å²) in [5, 5.41) is 8.98. The normalized spacial score (nSPS) is 12.4. The highest BCUT2D eigenvalue weighted by atomic mass is 16.5. The number of methoxy groups -OCH3 is 1. The van der Waals surface area contributed by atoms with E-state index < -0.39 is 12.1 Å². The number of rotatable bonds is 6. The predicted octanol–water partition coefficient (Wildman–Crippen LogP) is 2.00. The fourth-order valence-electron chi connectivity index (χ4n) is 1.43. The van der Waals surface area contributed by atoms with Gasteiger partial charge in [0.2, 0.25) is 0 Å². The van der Waals surface area contributed by atoms with E-state index in [1.54, 1.807) is 26.2 Å². The molecule has 1 unspecified atom stereocenters. The highest BCUT2D eigenvalue weighted by Gasteiger charge is 2.19. The van der Waals surface area contributed by atoms with Crippen LogP contribution in [0.2, 0.25) is 0 Å². The number of carboxylic acids is 1. The molecule has 1 aromatic carbocycles. The van der Waals surface area contributed by atoms with Gasteiger partial charge in [-0.15, -0.1) is 0 Å². The molecule has 16 heavy (non-hydrogen) atoms. The first kappa shape index (κ1) is 12.7. The van der Waals surface area contributed by atoms with Crippen molar-refractivity contribution in [1.82, 2.24) is 0 Å². The van der Waals surface area contributed by atoms with Gasteiger partial charge in [0.1, 0.15) is 0 Å². The van der Waals surface area contributed by atoms with Crippen molar-refractivity contribution < 1.29 is 19.4 Å². The van der Waals surface area contributed by atoms with E-state index in [0.717, 1.165) is 5.56 Å². The molecule has 0 saturated carbocycles. The van der Waals surface area contributed by atoms with E-state index in [1.807, 2.05) is 12.1 Å². The Bertz CT molecular complexity index is 331. The van der Waals surface area contributed by atoms with Crippen LogP contribution in [0.5, 0.6) is 0 Å². The van der Waals surface area contributed by atoms with Crippen LogP contribution in [0, 0.1) is 0 Å². The van der Waals surface area contributed by atoms with Crippen molar-refractivity contribution in [2.75, 3.05) is 13.7 Å². The van der Waals surface area contributed by atoms with E-state index in [1.165, 1.54) is 0 Å². The second-order valence-electron chi connectivity index (χ2n) is 3.35. The average Bonchev–Trinajstić information content (AvgIpc) is 2.27. The predicted molar refractivity (Wildman–Crippen MR) is 59.2 cm³/mol. The quantitative estimate of drug-likeness (QED) is 0.802. The molecule has 0 fully saturated rings. The van der Waals surface area contributed by atoms with Gasteiger partial charge >= 0.3 is 5.97 Å². The molecule has 0 aliphatic carbocycles. The second-order valence-corrected chi connectivity index (χ2v) is 3.35. The second kappa shape index (κ2) is 6.25. The molecule has 1 aromatic rings. The molecule has 0 radical (unpaired) electrons. The number of carboxylic acid groups (broad SMARTS) is 1. The molecule has 0 aliphatic rings. The number of benzene rings is 1. The van der Waals surface area contributed by atoms with Gasteiger partial charge in [-0.1, -0.05) is 24.3 Å². The SMILES string of the molecule is CCOC(C(=O)O)c1ccc(COC)cc1. The summed E-state index contributed by atoms with van der Waals surface area (Å²) in [6.07, 6.45) is -0.887. The molecule has 0 saturated heterocycles. The number of hydrogen-bond acceptors (Lipinski definition) is 3. The lowest BCUT2D eigenvalue weighted by atomic mass is 10.1. The zero-order chi connectivity index (χ0) is 12.0. The molecule has 1 N–H and O–H groups in total. The molecule has 4 nitrogen and oxygen atoms in total. The maximum Gasteiger partial charge on any atom is 0.337 e. The summed E-state index contributed by atoms with van der Waals surface area (Å²) in [4.78, 5) is 11.0. The lowest BCUT2D eigenvalue weighted by Crippen LogP contribution is -2.15. The van der Waals surface area contributed by atoms with E-state index in [2.05, 4.69) is 0 Å². The summed E-state index contributed by atoms with van der Waals surface area (Å²) in [6.45, 7) is 2.67. The van der Waals surface area contributed by atoms with Crippen molar-refractivity contribution in [2.45, 2.75) is 19.6 Å². The van der Waals surface area contributed by atoms with Crippen molar-refractivity contribution in [3.05, 3.63) is 35.4 Å².